The summed E-state index contributed by atoms with van der Waals surface area (Å²) in [5, 5.41) is 106. The van der Waals surface area contributed by atoms with Gasteiger partial charge in [0.2, 0.25) is 0 Å². The molecule has 4 aliphatic heterocycles. The Morgan fingerprint density at radius 2 is 0.776 bits per heavy atom. The third kappa shape index (κ3) is 14.1. The third-order valence-electron chi connectivity index (χ3n) is 9.62. The summed E-state index contributed by atoms with van der Waals surface area (Å²) in [5.41, 5.74) is 0. The molecule has 0 saturated carbocycles. The number of ether oxygens (including phenoxy) is 11. The number of unbranched alkanes of at least 4 members (excludes halogenated alkanes) is 1. The molecular weight excluding hydrogens is 780 g/mol. The summed E-state index contributed by atoms with van der Waals surface area (Å²) in [4.78, 5) is 0. The van der Waals surface area contributed by atoms with Crippen LogP contribution in [0.2, 0.25) is 0 Å². The van der Waals surface area contributed by atoms with Crippen LogP contribution >= 0.6 is 0 Å². The maximum atomic E-state index is 11.1. The highest BCUT2D eigenvalue weighted by Crippen LogP contribution is 2.31. The molecule has 0 bridgehead atoms. The first-order chi connectivity index (χ1) is 27.3. The molecule has 0 aromatic heterocycles. The van der Waals surface area contributed by atoms with Gasteiger partial charge in [-0.15, -0.1) is 0 Å². The van der Waals surface area contributed by atoms with Gasteiger partial charge in [-0.25, -0.2) is 0 Å². The van der Waals surface area contributed by atoms with Gasteiger partial charge in [0.1, 0.15) is 97.7 Å². The highest BCUT2D eigenvalue weighted by Gasteiger charge is 2.51. The van der Waals surface area contributed by atoms with Crippen molar-refractivity contribution in [3.8, 4) is 0 Å². The van der Waals surface area contributed by atoms with Crippen LogP contribution in [0.25, 0.3) is 0 Å². The van der Waals surface area contributed by atoms with Crippen molar-refractivity contribution in [1.82, 2.24) is 0 Å². The fraction of sp³-hybridized carbons (Fsp3) is 1.00. The van der Waals surface area contributed by atoms with E-state index < -0.39 is 136 Å². The molecule has 4 fully saturated rings. The summed E-state index contributed by atoms with van der Waals surface area (Å²) < 4.78 is 61.6. The first kappa shape index (κ1) is 55.2. The largest absolute Gasteiger partial charge is 0.387 e. The zero-order chi connectivity index (χ0) is 43.0. The van der Waals surface area contributed by atoms with Crippen molar-refractivity contribution in [3.63, 3.8) is 0 Å². The Hall–Kier alpha value is -0.840. The predicted molar refractivity (Wildman–Crippen MR) is 201 cm³/mol. The van der Waals surface area contributed by atoms with Crippen molar-refractivity contribution < 1.29 is 103 Å². The van der Waals surface area contributed by atoms with Gasteiger partial charge in [0.05, 0.1) is 26.4 Å². The Bertz CT molecular complexity index is 1050. The number of hydrogen-bond acceptors (Lipinski definition) is 21. The molecule has 4 saturated heterocycles. The van der Waals surface area contributed by atoms with Crippen LogP contribution in [-0.2, 0) is 52.1 Å². The van der Waals surface area contributed by atoms with Gasteiger partial charge in [0.15, 0.2) is 25.2 Å². The van der Waals surface area contributed by atoms with Crippen LogP contribution in [0.3, 0.4) is 0 Å². The van der Waals surface area contributed by atoms with Crippen LogP contribution in [0.5, 0.6) is 0 Å². The van der Waals surface area contributed by atoms with Crippen molar-refractivity contribution in [2.75, 3.05) is 53.9 Å². The van der Waals surface area contributed by atoms with E-state index in [1.54, 1.807) is 6.92 Å². The lowest BCUT2D eigenvalue weighted by Crippen LogP contribution is -2.63. The Morgan fingerprint density at radius 3 is 1.19 bits per heavy atom. The molecule has 4 heterocycles. The highest BCUT2D eigenvalue weighted by molar-refractivity contribution is 4.95. The van der Waals surface area contributed by atoms with Crippen LogP contribution in [0.1, 0.15) is 61.8 Å². The second-order valence-corrected chi connectivity index (χ2v) is 13.4. The van der Waals surface area contributed by atoms with E-state index in [1.807, 2.05) is 34.6 Å². The number of hydrogen-bond donors (Lipinski definition) is 10. The molecule has 0 aliphatic carbocycles. The van der Waals surface area contributed by atoms with Gasteiger partial charge in [-0.1, -0.05) is 48.5 Å². The molecule has 4 aliphatic rings. The molecule has 0 spiro atoms. The molecule has 0 aromatic carbocycles. The summed E-state index contributed by atoms with van der Waals surface area (Å²) in [6.45, 7) is 10.4. The van der Waals surface area contributed by atoms with Gasteiger partial charge in [-0.05, 0) is 13.3 Å². The van der Waals surface area contributed by atoms with Crippen LogP contribution in [0, 0.1) is 0 Å². The quantitative estimate of drug-likeness (QED) is 0.0619. The smallest absolute Gasteiger partial charge is 0.186 e. The van der Waals surface area contributed by atoms with E-state index in [-0.39, 0.29) is 33.9 Å². The minimum atomic E-state index is -1.80. The fourth-order valence-electron chi connectivity index (χ4n) is 6.50. The summed E-state index contributed by atoms with van der Waals surface area (Å²) >= 11 is 0. The van der Waals surface area contributed by atoms with Crippen LogP contribution < -0.4 is 0 Å². The number of aliphatic hydroxyl groups is 10. The standard InChI is InChI=1S/C32H58O21.2C2H6.CH4/c1-5-7-8-46-28-16(12-49-30-23(39)19(35)17(33)13(50-30)9-43-3)53-32(26(42)22(28)38)47-10-14-18(34)20(36)24(40)31(51-14)48-11-15-27(45-6-2)21(37)25(41)29(44-4)52-15;2*1-2;/h13-42H,5-12H2,1-4H3;2*1-2H3;1H4/t13-,14-,15-,16-,17?,18?,19-,20-,21+,22+,23-,24-,25-,26-,27?,28?,29?,30+,31-,32+;;;/m0.../s1. The van der Waals surface area contributed by atoms with Gasteiger partial charge in [-0.3, -0.25) is 0 Å². The van der Waals surface area contributed by atoms with Gasteiger partial charge < -0.3 is 103 Å². The van der Waals surface area contributed by atoms with Crippen molar-refractivity contribution >= 4 is 0 Å². The molecule has 21 nitrogen and oxygen atoms in total. The summed E-state index contributed by atoms with van der Waals surface area (Å²) in [7, 11) is 2.63. The fourth-order valence-corrected chi connectivity index (χ4v) is 6.50. The number of aliphatic hydroxyl groups excluding tert-OH is 10. The first-order valence-electron chi connectivity index (χ1n) is 19.8. The lowest BCUT2D eigenvalue weighted by atomic mass is 9.97. The Kier molecular flexibility index (Phi) is 26.6. The molecule has 0 amide bonds. The van der Waals surface area contributed by atoms with E-state index in [0.717, 1.165) is 6.42 Å². The van der Waals surface area contributed by atoms with Crippen LogP contribution in [0.4, 0.5) is 0 Å². The molecule has 58 heavy (non-hydrogen) atoms. The topological polar surface area (TPSA) is 304 Å². The minimum Gasteiger partial charge on any atom is -0.387 e. The summed E-state index contributed by atoms with van der Waals surface area (Å²) in [6.07, 6.45) is -27.5. The van der Waals surface area contributed by atoms with E-state index in [1.165, 1.54) is 14.2 Å². The van der Waals surface area contributed by atoms with Crippen LogP contribution in [0.15, 0.2) is 0 Å². The maximum Gasteiger partial charge on any atom is 0.186 e. The minimum absolute atomic E-state index is 0. The van der Waals surface area contributed by atoms with Gasteiger partial charge in [0.25, 0.3) is 0 Å². The SMILES string of the molecule is C.CC.CC.CCCCOC1[C@H](CO[C@@H]2O[C@@H](COC)C(O)[C@H](O)[C@@H]2O)O[C@@H](OC[C@@H]2O[C@H](OC[C@@H]3OC(OC)[C@@H](O)[C@@H](O)C3OCC)[C@@H](O)[C@@H](O)C2O)[C@@H](O)[C@H]1O. The Labute approximate surface area is 341 Å². The first-order valence-corrected chi connectivity index (χ1v) is 19.8. The van der Waals surface area contributed by atoms with Gasteiger partial charge >= 0.3 is 0 Å². The molecule has 0 radical (unpaired) electrons. The zero-order valence-corrected chi connectivity index (χ0v) is 34.2. The van der Waals surface area contributed by atoms with E-state index in [2.05, 4.69) is 0 Å². The van der Waals surface area contributed by atoms with Crippen molar-refractivity contribution in [1.29, 1.82) is 0 Å². The van der Waals surface area contributed by atoms with E-state index >= 15 is 0 Å². The number of rotatable bonds is 18. The summed E-state index contributed by atoms with van der Waals surface area (Å²) in [6, 6.07) is 0. The predicted octanol–water partition coefficient (Wildman–Crippen LogP) is -2.88. The lowest BCUT2D eigenvalue weighted by Gasteiger charge is -2.45. The van der Waals surface area contributed by atoms with E-state index in [4.69, 9.17) is 52.1 Å². The van der Waals surface area contributed by atoms with Crippen molar-refractivity contribution in [3.05, 3.63) is 0 Å². The molecular formula is C37H74O21. The Balaban J connectivity index is 0.00000326. The lowest BCUT2D eigenvalue weighted by molar-refractivity contribution is -0.350. The normalized spacial score (nSPS) is 42.9. The molecule has 10 N–H and O–H groups in total. The molecule has 20 atom stereocenters. The maximum absolute atomic E-state index is 11.1. The van der Waals surface area contributed by atoms with E-state index in [0.29, 0.717) is 6.42 Å². The van der Waals surface area contributed by atoms with Crippen molar-refractivity contribution in [2.24, 2.45) is 0 Å². The zero-order valence-electron chi connectivity index (χ0n) is 34.2. The van der Waals surface area contributed by atoms with E-state index in [9.17, 15) is 51.1 Å². The van der Waals surface area contributed by atoms with Gasteiger partial charge in [-0.2, -0.15) is 0 Å². The molecule has 5 unspecified atom stereocenters. The third-order valence-corrected chi connectivity index (χ3v) is 9.62. The summed E-state index contributed by atoms with van der Waals surface area (Å²) in [5.74, 6) is 0. The van der Waals surface area contributed by atoms with Crippen LogP contribution in [-0.4, -0.2) is 228 Å². The highest BCUT2D eigenvalue weighted by atomic mass is 16.8. The molecule has 21 heteroatoms. The molecule has 348 valence electrons. The van der Waals surface area contributed by atoms with Gasteiger partial charge in [0, 0.05) is 27.4 Å². The second kappa shape index (κ2) is 28.0. The molecule has 0 aromatic rings. The average Bonchev–Trinajstić information content (AvgIpc) is 3.22. The second-order valence-electron chi connectivity index (χ2n) is 13.4. The van der Waals surface area contributed by atoms with Crippen molar-refractivity contribution in [2.45, 2.75) is 185 Å². The monoisotopic (exact) mass is 854 g/mol. The molecule has 4 rings (SSSR count). The average molecular weight is 855 g/mol. The number of methoxy groups -OCH3 is 2. The Morgan fingerprint density at radius 1 is 0.414 bits per heavy atom.